The zero-order valence-electron chi connectivity index (χ0n) is 6.46. The van der Waals surface area contributed by atoms with Crippen LogP contribution in [-0.4, -0.2) is 5.91 Å². The zero-order valence-corrected chi connectivity index (χ0v) is 7.28. The summed E-state index contributed by atoms with van der Waals surface area (Å²) in [5, 5.41) is 2.00. The van der Waals surface area contributed by atoms with Crippen LogP contribution in [0.25, 0.3) is 0 Å². The number of nitrogens with two attached hydrogens (primary N) is 1. The maximum atomic E-state index is 10.6. The fourth-order valence-electron chi connectivity index (χ4n) is 1.02. The van der Waals surface area contributed by atoms with Crippen LogP contribution in [0.2, 0.25) is 0 Å². The Morgan fingerprint density at radius 2 is 2.45 bits per heavy atom. The summed E-state index contributed by atoms with van der Waals surface area (Å²) in [5.41, 5.74) is 6.16. The standard InChI is InChI=1S/C8H11NOS/c1-2-7-6(3-4-11-7)5-8(9)10/h3-4H,2,5H2,1H3,(H2,9,10). The maximum absolute atomic E-state index is 10.6. The van der Waals surface area contributed by atoms with Gasteiger partial charge in [0, 0.05) is 4.88 Å². The lowest BCUT2D eigenvalue weighted by Gasteiger charge is -1.95. The molecule has 3 heteroatoms. The third-order valence-corrected chi connectivity index (χ3v) is 2.63. The number of carbonyl (C=O) groups is 1. The highest BCUT2D eigenvalue weighted by Gasteiger charge is 2.04. The Bertz CT molecular complexity index is 254. The van der Waals surface area contributed by atoms with Gasteiger partial charge in [0.25, 0.3) is 0 Å². The van der Waals surface area contributed by atoms with E-state index >= 15 is 0 Å². The Morgan fingerprint density at radius 1 is 1.73 bits per heavy atom. The van der Waals surface area contributed by atoms with Gasteiger partial charge < -0.3 is 5.73 Å². The van der Waals surface area contributed by atoms with Gasteiger partial charge in [0.15, 0.2) is 0 Å². The molecule has 0 aliphatic heterocycles. The highest BCUT2D eigenvalue weighted by atomic mass is 32.1. The predicted octanol–water partition coefficient (Wildman–Crippen LogP) is 1.34. The van der Waals surface area contributed by atoms with Crippen LogP contribution in [0.15, 0.2) is 11.4 Å². The van der Waals surface area contributed by atoms with Gasteiger partial charge in [-0.05, 0) is 23.4 Å². The van der Waals surface area contributed by atoms with E-state index < -0.39 is 0 Å². The zero-order chi connectivity index (χ0) is 8.27. The van der Waals surface area contributed by atoms with Crippen LogP contribution >= 0.6 is 11.3 Å². The maximum Gasteiger partial charge on any atom is 0.221 e. The van der Waals surface area contributed by atoms with Crippen LogP contribution in [0.4, 0.5) is 0 Å². The minimum atomic E-state index is -0.252. The van der Waals surface area contributed by atoms with Crippen molar-refractivity contribution in [1.82, 2.24) is 0 Å². The molecule has 0 unspecified atom stereocenters. The van der Waals surface area contributed by atoms with Gasteiger partial charge in [-0.15, -0.1) is 11.3 Å². The van der Waals surface area contributed by atoms with Crippen molar-refractivity contribution in [2.75, 3.05) is 0 Å². The van der Waals surface area contributed by atoms with Crippen LogP contribution in [0.5, 0.6) is 0 Å². The van der Waals surface area contributed by atoms with E-state index in [9.17, 15) is 4.79 Å². The number of amides is 1. The lowest BCUT2D eigenvalue weighted by atomic mass is 10.1. The first-order valence-corrected chi connectivity index (χ1v) is 4.45. The van der Waals surface area contributed by atoms with E-state index in [2.05, 4.69) is 6.92 Å². The van der Waals surface area contributed by atoms with Crippen LogP contribution in [0.1, 0.15) is 17.4 Å². The number of hydrogen-bond acceptors (Lipinski definition) is 2. The summed E-state index contributed by atoms with van der Waals surface area (Å²) in [6.45, 7) is 2.08. The first kappa shape index (κ1) is 8.27. The highest BCUT2D eigenvalue weighted by Crippen LogP contribution is 2.17. The molecular weight excluding hydrogens is 158 g/mol. The summed E-state index contributed by atoms with van der Waals surface area (Å²) >= 11 is 1.68. The van der Waals surface area contributed by atoms with Crippen LogP contribution in [-0.2, 0) is 17.6 Å². The molecule has 1 heterocycles. The average molecular weight is 169 g/mol. The van der Waals surface area contributed by atoms with E-state index in [1.807, 2.05) is 11.4 Å². The number of carbonyl (C=O) groups excluding carboxylic acids is 1. The molecule has 0 radical (unpaired) electrons. The Morgan fingerprint density at radius 3 is 3.00 bits per heavy atom. The molecular formula is C8H11NOS. The first-order chi connectivity index (χ1) is 5.24. The Kier molecular flexibility index (Phi) is 2.65. The van der Waals surface area contributed by atoms with E-state index in [0.717, 1.165) is 12.0 Å². The molecule has 1 aromatic rings. The van der Waals surface area contributed by atoms with Crippen LogP contribution in [0.3, 0.4) is 0 Å². The van der Waals surface area contributed by atoms with Gasteiger partial charge in [0.2, 0.25) is 5.91 Å². The third-order valence-electron chi connectivity index (χ3n) is 1.52. The summed E-state index contributed by atoms with van der Waals surface area (Å²) in [6.07, 6.45) is 1.37. The molecule has 0 atom stereocenters. The molecule has 0 saturated heterocycles. The van der Waals surface area contributed by atoms with E-state index in [1.165, 1.54) is 4.88 Å². The number of rotatable bonds is 3. The van der Waals surface area contributed by atoms with Crippen molar-refractivity contribution in [2.45, 2.75) is 19.8 Å². The second-order valence-corrected chi connectivity index (χ2v) is 3.37. The second-order valence-electron chi connectivity index (χ2n) is 2.37. The molecule has 0 aromatic carbocycles. The fourth-order valence-corrected chi connectivity index (χ4v) is 1.88. The SMILES string of the molecule is CCc1sccc1CC(N)=O. The molecule has 0 spiro atoms. The van der Waals surface area contributed by atoms with E-state index in [0.29, 0.717) is 6.42 Å². The monoisotopic (exact) mass is 169 g/mol. The summed E-state index contributed by atoms with van der Waals surface area (Å²) in [4.78, 5) is 11.8. The minimum absolute atomic E-state index is 0.252. The van der Waals surface area contributed by atoms with Gasteiger partial charge in [-0.1, -0.05) is 6.92 Å². The lowest BCUT2D eigenvalue weighted by molar-refractivity contribution is -0.117. The Balaban J connectivity index is 2.76. The summed E-state index contributed by atoms with van der Waals surface area (Å²) in [6, 6.07) is 1.97. The number of hydrogen-bond donors (Lipinski definition) is 1. The second kappa shape index (κ2) is 3.53. The Hall–Kier alpha value is -0.830. The summed E-state index contributed by atoms with van der Waals surface area (Å²) in [7, 11) is 0. The summed E-state index contributed by atoms with van der Waals surface area (Å²) < 4.78 is 0. The number of primary amides is 1. The molecule has 0 saturated carbocycles. The molecule has 2 nitrogen and oxygen atoms in total. The molecule has 0 aliphatic rings. The molecule has 0 aliphatic carbocycles. The third kappa shape index (κ3) is 2.05. The molecule has 1 amide bonds. The minimum Gasteiger partial charge on any atom is -0.369 e. The van der Waals surface area contributed by atoms with Crippen LogP contribution < -0.4 is 5.73 Å². The molecule has 0 fully saturated rings. The van der Waals surface area contributed by atoms with Crippen molar-refractivity contribution in [3.63, 3.8) is 0 Å². The fraction of sp³-hybridized carbons (Fsp3) is 0.375. The molecule has 2 N–H and O–H groups in total. The predicted molar refractivity (Wildman–Crippen MR) is 46.6 cm³/mol. The smallest absolute Gasteiger partial charge is 0.221 e. The van der Waals surface area contributed by atoms with Gasteiger partial charge in [-0.25, -0.2) is 0 Å². The highest BCUT2D eigenvalue weighted by molar-refractivity contribution is 7.10. The normalized spacial score (nSPS) is 9.91. The van der Waals surface area contributed by atoms with Gasteiger partial charge in [0.05, 0.1) is 6.42 Å². The van der Waals surface area contributed by atoms with Gasteiger partial charge in [-0.3, -0.25) is 4.79 Å². The number of aryl methyl sites for hydroxylation is 1. The lowest BCUT2D eigenvalue weighted by Crippen LogP contribution is -2.13. The van der Waals surface area contributed by atoms with Crippen LogP contribution in [0, 0.1) is 0 Å². The van der Waals surface area contributed by atoms with Crippen molar-refractivity contribution < 1.29 is 4.79 Å². The molecule has 1 rings (SSSR count). The topological polar surface area (TPSA) is 43.1 Å². The molecule has 60 valence electrons. The van der Waals surface area contributed by atoms with Crippen molar-refractivity contribution in [3.8, 4) is 0 Å². The summed E-state index contributed by atoms with van der Waals surface area (Å²) in [5.74, 6) is -0.252. The van der Waals surface area contributed by atoms with Gasteiger partial charge in [0.1, 0.15) is 0 Å². The number of thiophene rings is 1. The van der Waals surface area contributed by atoms with Gasteiger partial charge >= 0.3 is 0 Å². The quantitative estimate of drug-likeness (QED) is 0.729. The van der Waals surface area contributed by atoms with Gasteiger partial charge in [-0.2, -0.15) is 0 Å². The first-order valence-electron chi connectivity index (χ1n) is 3.57. The van der Waals surface area contributed by atoms with Crippen molar-refractivity contribution in [3.05, 3.63) is 21.9 Å². The average Bonchev–Trinajstić information content (AvgIpc) is 2.34. The van der Waals surface area contributed by atoms with E-state index in [-0.39, 0.29) is 5.91 Å². The van der Waals surface area contributed by atoms with Crippen molar-refractivity contribution >= 4 is 17.2 Å². The van der Waals surface area contributed by atoms with E-state index in [4.69, 9.17) is 5.73 Å². The molecule has 0 bridgehead atoms. The van der Waals surface area contributed by atoms with Crippen molar-refractivity contribution in [2.24, 2.45) is 5.73 Å². The van der Waals surface area contributed by atoms with E-state index in [1.54, 1.807) is 11.3 Å². The largest absolute Gasteiger partial charge is 0.369 e. The molecule has 1 aromatic heterocycles. The Labute approximate surface area is 70.0 Å². The van der Waals surface area contributed by atoms with Crippen molar-refractivity contribution in [1.29, 1.82) is 0 Å². The molecule has 11 heavy (non-hydrogen) atoms.